The molecule has 0 saturated carbocycles. The predicted molar refractivity (Wildman–Crippen MR) is 108 cm³/mol. The van der Waals surface area contributed by atoms with Gasteiger partial charge in [-0.3, -0.25) is 0 Å². The molecule has 4 nitrogen and oxygen atoms in total. The van der Waals surface area contributed by atoms with Crippen molar-refractivity contribution in [2.24, 2.45) is 5.92 Å². The summed E-state index contributed by atoms with van der Waals surface area (Å²) in [7, 11) is 0. The van der Waals surface area contributed by atoms with Gasteiger partial charge in [-0.15, -0.1) is 0 Å². The van der Waals surface area contributed by atoms with Crippen molar-refractivity contribution in [2.75, 3.05) is 6.54 Å². The molecule has 0 aliphatic carbocycles. The summed E-state index contributed by atoms with van der Waals surface area (Å²) >= 11 is 5.93. The number of para-hydroxylation sites is 1. The van der Waals surface area contributed by atoms with Crippen LogP contribution >= 0.6 is 11.6 Å². The Labute approximate surface area is 169 Å². The Morgan fingerprint density at radius 1 is 1.25 bits per heavy atom. The summed E-state index contributed by atoms with van der Waals surface area (Å²) in [5.74, 6) is 0.473. The highest BCUT2D eigenvalue weighted by atomic mass is 35.5. The molecule has 2 aliphatic rings. The standard InChI is InChI=1S/C22H24ClFN2O2/c1-13-3-2-4-18(15-5-8-20(24)19(23)11-15)21(13)28-22(27)25-12-14-9-16-6-7-17(10-14)26-16/h2-5,8,11,14,16-17,26H,6-7,9-10,12H2,1H3,(H,25,27). The summed E-state index contributed by atoms with van der Waals surface area (Å²) in [5, 5.41) is 6.57. The molecule has 0 spiro atoms. The van der Waals surface area contributed by atoms with Crippen molar-refractivity contribution in [3.05, 3.63) is 52.8 Å². The topological polar surface area (TPSA) is 50.4 Å². The fourth-order valence-corrected chi connectivity index (χ4v) is 4.56. The number of fused-ring (bicyclic) bond motifs is 2. The van der Waals surface area contributed by atoms with Crippen molar-refractivity contribution >= 4 is 17.7 Å². The Morgan fingerprint density at radius 3 is 2.71 bits per heavy atom. The minimum atomic E-state index is -0.478. The summed E-state index contributed by atoms with van der Waals surface area (Å²) in [6.07, 6.45) is 4.20. The van der Waals surface area contributed by atoms with E-state index in [0.717, 1.165) is 18.4 Å². The van der Waals surface area contributed by atoms with E-state index in [1.165, 1.54) is 18.9 Å². The lowest BCUT2D eigenvalue weighted by atomic mass is 9.92. The van der Waals surface area contributed by atoms with Crippen LogP contribution < -0.4 is 15.4 Å². The largest absolute Gasteiger partial charge is 0.412 e. The molecule has 6 heteroatoms. The molecule has 2 aromatic rings. The molecule has 2 N–H and O–H groups in total. The molecule has 0 radical (unpaired) electrons. The molecule has 4 rings (SSSR count). The molecule has 148 valence electrons. The zero-order valence-corrected chi connectivity index (χ0v) is 16.6. The first kappa shape index (κ1) is 19.2. The van der Waals surface area contributed by atoms with Crippen molar-refractivity contribution in [2.45, 2.75) is 44.7 Å². The fourth-order valence-electron chi connectivity index (χ4n) is 4.38. The molecule has 2 aromatic carbocycles. The molecule has 2 heterocycles. The number of carbonyl (C=O) groups is 1. The average Bonchev–Trinajstić information content (AvgIpc) is 3.02. The van der Waals surface area contributed by atoms with Crippen molar-refractivity contribution in [1.29, 1.82) is 0 Å². The van der Waals surface area contributed by atoms with Gasteiger partial charge in [-0.05, 0) is 61.8 Å². The molecular formula is C22H24ClFN2O2. The van der Waals surface area contributed by atoms with Crippen molar-refractivity contribution in [3.63, 3.8) is 0 Å². The van der Waals surface area contributed by atoms with E-state index in [1.54, 1.807) is 12.1 Å². The number of benzene rings is 2. The maximum absolute atomic E-state index is 13.5. The van der Waals surface area contributed by atoms with E-state index in [2.05, 4.69) is 10.6 Å². The highest BCUT2D eigenvalue weighted by Gasteiger charge is 2.33. The SMILES string of the molecule is Cc1cccc(-c2ccc(F)c(Cl)c2)c1OC(=O)NCC1CC2CCC(C1)N2. The zero-order valence-electron chi connectivity index (χ0n) is 15.8. The smallest absolute Gasteiger partial charge is 0.409 e. The highest BCUT2D eigenvalue weighted by Crippen LogP contribution is 2.35. The number of amides is 1. The highest BCUT2D eigenvalue weighted by molar-refractivity contribution is 6.31. The van der Waals surface area contributed by atoms with E-state index >= 15 is 0 Å². The second-order valence-electron chi connectivity index (χ2n) is 7.83. The molecule has 2 aliphatic heterocycles. The van der Waals surface area contributed by atoms with Gasteiger partial charge in [0.15, 0.2) is 0 Å². The number of hydrogen-bond acceptors (Lipinski definition) is 3. The third-order valence-electron chi connectivity index (χ3n) is 5.74. The Hall–Kier alpha value is -2.11. The molecule has 2 unspecified atom stereocenters. The fraction of sp³-hybridized carbons (Fsp3) is 0.409. The van der Waals surface area contributed by atoms with Crippen LogP contribution in [-0.2, 0) is 0 Å². The van der Waals surface area contributed by atoms with Crippen LogP contribution in [0.2, 0.25) is 5.02 Å². The van der Waals surface area contributed by atoms with E-state index in [-0.39, 0.29) is 5.02 Å². The minimum Gasteiger partial charge on any atom is -0.409 e. The second-order valence-corrected chi connectivity index (χ2v) is 8.23. The normalized spacial score (nSPS) is 23.5. The van der Waals surface area contributed by atoms with E-state index in [0.29, 0.717) is 41.4 Å². The van der Waals surface area contributed by atoms with Gasteiger partial charge >= 0.3 is 6.09 Å². The molecule has 1 amide bonds. The Morgan fingerprint density at radius 2 is 2.00 bits per heavy atom. The first-order valence-electron chi connectivity index (χ1n) is 9.76. The van der Waals surface area contributed by atoms with Crippen molar-refractivity contribution in [1.82, 2.24) is 10.6 Å². The van der Waals surface area contributed by atoms with Crippen LogP contribution in [0.5, 0.6) is 5.75 Å². The number of nitrogens with one attached hydrogen (secondary N) is 2. The van der Waals surface area contributed by atoms with Crippen LogP contribution in [-0.4, -0.2) is 24.7 Å². The first-order valence-corrected chi connectivity index (χ1v) is 10.1. The lowest BCUT2D eigenvalue weighted by molar-refractivity contribution is 0.194. The molecule has 28 heavy (non-hydrogen) atoms. The van der Waals surface area contributed by atoms with Crippen LogP contribution in [0.3, 0.4) is 0 Å². The van der Waals surface area contributed by atoms with Gasteiger partial charge in [0.05, 0.1) is 5.02 Å². The van der Waals surface area contributed by atoms with Crippen LogP contribution in [0.1, 0.15) is 31.2 Å². The third kappa shape index (κ3) is 4.15. The monoisotopic (exact) mass is 402 g/mol. The number of rotatable bonds is 4. The first-order chi connectivity index (χ1) is 13.5. The molecule has 2 atom stereocenters. The lowest BCUT2D eigenvalue weighted by Crippen LogP contribution is -2.42. The van der Waals surface area contributed by atoms with Crippen LogP contribution in [0.4, 0.5) is 9.18 Å². The van der Waals surface area contributed by atoms with E-state index in [4.69, 9.17) is 16.3 Å². The van der Waals surface area contributed by atoms with E-state index in [9.17, 15) is 9.18 Å². The van der Waals surface area contributed by atoms with E-state index in [1.807, 2.05) is 25.1 Å². The number of ether oxygens (including phenoxy) is 1. The Kier molecular flexibility index (Phi) is 5.56. The maximum Gasteiger partial charge on any atom is 0.412 e. The van der Waals surface area contributed by atoms with Gasteiger partial charge in [0.2, 0.25) is 0 Å². The molecule has 2 fully saturated rings. The van der Waals surface area contributed by atoms with Gasteiger partial charge in [0.25, 0.3) is 0 Å². The van der Waals surface area contributed by atoms with Gasteiger partial charge in [0, 0.05) is 24.2 Å². The molecular weight excluding hydrogens is 379 g/mol. The molecule has 2 saturated heterocycles. The Balaban J connectivity index is 1.45. The van der Waals surface area contributed by atoms with E-state index < -0.39 is 11.9 Å². The predicted octanol–water partition coefficient (Wildman–Crippen LogP) is 5.07. The third-order valence-corrected chi connectivity index (χ3v) is 6.03. The Bertz CT molecular complexity index is 877. The summed E-state index contributed by atoms with van der Waals surface area (Å²) in [5.41, 5.74) is 2.23. The number of aryl methyl sites for hydroxylation is 1. The minimum absolute atomic E-state index is 0.0370. The van der Waals surface area contributed by atoms with Gasteiger partial charge in [-0.25, -0.2) is 9.18 Å². The summed E-state index contributed by atoms with van der Waals surface area (Å²) < 4.78 is 19.2. The quantitative estimate of drug-likeness (QED) is 0.750. The van der Waals surface area contributed by atoms with Gasteiger partial charge in [-0.2, -0.15) is 0 Å². The number of piperidine rings is 1. The second kappa shape index (κ2) is 8.10. The average molecular weight is 403 g/mol. The summed E-state index contributed by atoms with van der Waals surface area (Å²) in [6.45, 7) is 2.50. The van der Waals surface area contributed by atoms with Crippen LogP contribution in [0, 0.1) is 18.7 Å². The van der Waals surface area contributed by atoms with Crippen molar-refractivity contribution in [3.8, 4) is 16.9 Å². The maximum atomic E-state index is 13.5. The summed E-state index contributed by atoms with van der Waals surface area (Å²) in [4.78, 5) is 12.5. The zero-order chi connectivity index (χ0) is 19.7. The van der Waals surface area contributed by atoms with Crippen LogP contribution in [0.25, 0.3) is 11.1 Å². The van der Waals surface area contributed by atoms with Gasteiger partial charge < -0.3 is 15.4 Å². The molecule has 2 bridgehead atoms. The molecule has 0 aromatic heterocycles. The summed E-state index contributed by atoms with van der Waals surface area (Å²) in [6, 6.07) is 11.3. The number of carbonyl (C=O) groups excluding carboxylic acids is 1. The van der Waals surface area contributed by atoms with Gasteiger partial charge in [0.1, 0.15) is 11.6 Å². The lowest BCUT2D eigenvalue weighted by Gasteiger charge is -2.29. The van der Waals surface area contributed by atoms with Crippen molar-refractivity contribution < 1.29 is 13.9 Å². The number of hydrogen-bond donors (Lipinski definition) is 2. The van der Waals surface area contributed by atoms with Gasteiger partial charge in [-0.1, -0.05) is 35.9 Å². The van der Waals surface area contributed by atoms with Crippen LogP contribution in [0.15, 0.2) is 36.4 Å². The number of halogens is 2.